The van der Waals surface area contributed by atoms with Crippen LogP contribution in [0.1, 0.15) is 34.1 Å². The second-order valence-corrected chi connectivity index (χ2v) is 7.89. The molecule has 1 aromatic carbocycles. The highest BCUT2D eigenvalue weighted by molar-refractivity contribution is 8.00. The lowest BCUT2D eigenvalue weighted by molar-refractivity contribution is -0.896. The standard InChI is InChI=1S/C20H30N4O2S/c1-5-21-18(25)15(4)27-20-22-17-12-9-8-11-16(17)19(26)24(20)14-10-13-23(6-2)7-3/h8-9,11-12,15H,5-7,10,13-14H2,1-4H3,(H,21,25)/p+1/t15-/m0/s1. The van der Waals surface area contributed by atoms with E-state index < -0.39 is 0 Å². The van der Waals surface area contributed by atoms with Crippen LogP contribution in [-0.2, 0) is 11.3 Å². The van der Waals surface area contributed by atoms with Crippen LogP contribution in [-0.4, -0.2) is 46.9 Å². The third-order valence-electron chi connectivity index (χ3n) is 4.74. The molecular weight excluding hydrogens is 360 g/mol. The van der Waals surface area contributed by atoms with Gasteiger partial charge in [0.25, 0.3) is 5.56 Å². The van der Waals surface area contributed by atoms with E-state index in [2.05, 4.69) is 19.2 Å². The molecule has 7 heteroatoms. The Balaban J connectivity index is 2.32. The summed E-state index contributed by atoms with van der Waals surface area (Å²) in [6, 6.07) is 7.41. The third-order valence-corrected chi connectivity index (χ3v) is 5.83. The van der Waals surface area contributed by atoms with Gasteiger partial charge in [-0.2, -0.15) is 0 Å². The second-order valence-electron chi connectivity index (χ2n) is 6.58. The fraction of sp³-hybridized carbons (Fsp3) is 0.550. The Morgan fingerprint density at radius 3 is 2.63 bits per heavy atom. The molecular formula is C20H31N4O2S+. The number of aromatic nitrogens is 2. The van der Waals surface area contributed by atoms with Crippen LogP contribution in [0.2, 0.25) is 0 Å². The van der Waals surface area contributed by atoms with Gasteiger partial charge in [0.05, 0.1) is 35.8 Å². The maximum Gasteiger partial charge on any atom is 0.262 e. The highest BCUT2D eigenvalue weighted by atomic mass is 32.2. The molecule has 1 amide bonds. The number of para-hydroxylation sites is 1. The summed E-state index contributed by atoms with van der Waals surface area (Å²) in [7, 11) is 0. The van der Waals surface area contributed by atoms with Crippen molar-refractivity contribution in [3.8, 4) is 0 Å². The van der Waals surface area contributed by atoms with E-state index in [4.69, 9.17) is 4.98 Å². The van der Waals surface area contributed by atoms with Crippen molar-refractivity contribution in [1.29, 1.82) is 0 Å². The zero-order valence-corrected chi connectivity index (χ0v) is 17.6. The van der Waals surface area contributed by atoms with Gasteiger partial charge < -0.3 is 10.2 Å². The fourth-order valence-corrected chi connectivity index (χ4v) is 4.01. The van der Waals surface area contributed by atoms with Crippen LogP contribution in [0.5, 0.6) is 0 Å². The van der Waals surface area contributed by atoms with Crippen molar-refractivity contribution in [2.45, 2.75) is 51.1 Å². The van der Waals surface area contributed by atoms with Gasteiger partial charge in [-0.15, -0.1) is 0 Å². The number of nitrogens with zero attached hydrogens (tertiary/aromatic N) is 2. The first-order chi connectivity index (χ1) is 13.0. The van der Waals surface area contributed by atoms with E-state index in [1.54, 1.807) is 4.57 Å². The Bertz CT molecular complexity index is 817. The van der Waals surface area contributed by atoms with Crippen LogP contribution in [0.3, 0.4) is 0 Å². The van der Waals surface area contributed by atoms with E-state index in [1.165, 1.54) is 16.7 Å². The number of fused-ring (bicyclic) bond motifs is 1. The van der Waals surface area contributed by atoms with Gasteiger partial charge in [-0.25, -0.2) is 4.98 Å². The van der Waals surface area contributed by atoms with Crippen molar-refractivity contribution >= 4 is 28.6 Å². The molecule has 0 saturated heterocycles. The summed E-state index contributed by atoms with van der Waals surface area (Å²) >= 11 is 1.35. The van der Waals surface area contributed by atoms with Gasteiger partial charge in [0.15, 0.2) is 5.16 Å². The zero-order valence-electron chi connectivity index (χ0n) is 16.7. The molecule has 1 heterocycles. The quantitative estimate of drug-likeness (QED) is 0.474. The number of quaternary nitrogens is 1. The molecule has 0 radical (unpaired) electrons. The van der Waals surface area contributed by atoms with E-state index in [-0.39, 0.29) is 16.7 Å². The summed E-state index contributed by atoms with van der Waals surface area (Å²) in [5.74, 6) is -0.0379. The summed E-state index contributed by atoms with van der Waals surface area (Å²) in [6.07, 6.45) is 0.903. The van der Waals surface area contributed by atoms with Crippen LogP contribution in [0.15, 0.2) is 34.2 Å². The minimum absolute atomic E-state index is 0.0271. The number of thioether (sulfide) groups is 1. The first-order valence-corrected chi connectivity index (χ1v) is 10.7. The maximum absolute atomic E-state index is 13.0. The minimum Gasteiger partial charge on any atom is -0.355 e. The van der Waals surface area contributed by atoms with Crippen LogP contribution < -0.4 is 15.8 Å². The molecule has 1 atom stereocenters. The number of benzene rings is 1. The second kappa shape index (κ2) is 10.5. The summed E-state index contributed by atoms with van der Waals surface area (Å²) < 4.78 is 1.74. The SMILES string of the molecule is CCNC(=O)[C@H](C)Sc1nc2ccccc2c(=O)n1CCC[NH+](CC)CC. The van der Waals surface area contributed by atoms with Crippen molar-refractivity contribution in [3.63, 3.8) is 0 Å². The smallest absolute Gasteiger partial charge is 0.262 e. The lowest BCUT2D eigenvalue weighted by Crippen LogP contribution is -3.11. The molecule has 2 rings (SSSR count). The van der Waals surface area contributed by atoms with Gasteiger partial charge in [0.2, 0.25) is 5.91 Å². The van der Waals surface area contributed by atoms with Crippen LogP contribution in [0.25, 0.3) is 10.9 Å². The molecule has 1 aromatic heterocycles. The molecule has 2 N–H and O–H groups in total. The van der Waals surface area contributed by atoms with Crippen molar-refractivity contribution in [2.75, 3.05) is 26.2 Å². The van der Waals surface area contributed by atoms with Gasteiger partial charge in [-0.3, -0.25) is 14.2 Å². The van der Waals surface area contributed by atoms with Gasteiger partial charge in [-0.1, -0.05) is 23.9 Å². The third kappa shape index (κ3) is 5.56. The van der Waals surface area contributed by atoms with Gasteiger partial charge in [0, 0.05) is 19.5 Å². The van der Waals surface area contributed by atoms with Crippen LogP contribution >= 0.6 is 11.8 Å². The Kier molecular flexibility index (Phi) is 8.31. The highest BCUT2D eigenvalue weighted by Crippen LogP contribution is 2.22. The van der Waals surface area contributed by atoms with Crippen LogP contribution in [0, 0.1) is 0 Å². The Hall–Kier alpha value is -1.86. The van der Waals surface area contributed by atoms with E-state index in [9.17, 15) is 9.59 Å². The largest absolute Gasteiger partial charge is 0.355 e. The number of nitrogens with one attached hydrogen (secondary N) is 2. The Morgan fingerprint density at radius 2 is 1.96 bits per heavy atom. The summed E-state index contributed by atoms with van der Waals surface area (Å²) in [5, 5.41) is 3.77. The molecule has 0 fully saturated rings. The monoisotopic (exact) mass is 391 g/mol. The van der Waals surface area contributed by atoms with Gasteiger partial charge in [-0.05, 0) is 39.8 Å². The van der Waals surface area contributed by atoms with Crippen molar-refractivity contribution < 1.29 is 9.69 Å². The average molecular weight is 392 g/mol. The topological polar surface area (TPSA) is 68.4 Å². The number of rotatable bonds is 10. The van der Waals surface area contributed by atoms with Crippen LogP contribution in [0.4, 0.5) is 0 Å². The van der Waals surface area contributed by atoms with E-state index in [0.29, 0.717) is 29.1 Å². The van der Waals surface area contributed by atoms with Gasteiger partial charge in [0.1, 0.15) is 0 Å². The van der Waals surface area contributed by atoms with E-state index in [1.807, 2.05) is 38.1 Å². The molecule has 0 spiro atoms. The normalized spacial score (nSPS) is 12.5. The minimum atomic E-state index is -0.308. The summed E-state index contributed by atoms with van der Waals surface area (Å²) in [4.78, 5) is 31.4. The van der Waals surface area contributed by atoms with E-state index in [0.717, 1.165) is 26.1 Å². The van der Waals surface area contributed by atoms with Crippen molar-refractivity contribution in [1.82, 2.24) is 14.9 Å². The molecule has 0 aliphatic carbocycles. The molecule has 2 aromatic rings. The predicted molar refractivity (Wildman–Crippen MR) is 112 cm³/mol. The highest BCUT2D eigenvalue weighted by Gasteiger charge is 2.19. The summed E-state index contributed by atoms with van der Waals surface area (Å²) in [6.45, 7) is 12.5. The maximum atomic E-state index is 13.0. The first kappa shape index (κ1) is 21.4. The first-order valence-electron chi connectivity index (χ1n) is 9.79. The molecule has 0 unspecified atom stereocenters. The Labute approximate surface area is 165 Å². The molecule has 27 heavy (non-hydrogen) atoms. The molecule has 0 aliphatic heterocycles. The fourth-order valence-electron chi connectivity index (χ4n) is 3.06. The molecule has 0 saturated carbocycles. The summed E-state index contributed by atoms with van der Waals surface area (Å²) in [5.41, 5.74) is 0.652. The lowest BCUT2D eigenvalue weighted by Gasteiger charge is -2.18. The molecule has 6 nitrogen and oxygen atoms in total. The lowest BCUT2D eigenvalue weighted by atomic mass is 10.2. The number of hydrogen-bond donors (Lipinski definition) is 2. The Morgan fingerprint density at radius 1 is 1.26 bits per heavy atom. The average Bonchev–Trinajstić information content (AvgIpc) is 2.67. The van der Waals surface area contributed by atoms with Gasteiger partial charge >= 0.3 is 0 Å². The molecule has 0 aliphatic rings. The number of carbonyl (C=O) groups excluding carboxylic acids is 1. The predicted octanol–water partition coefficient (Wildman–Crippen LogP) is 1.33. The zero-order chi connectivity index (χ0) is 19.8. The van der Waals surface area contributed by atoms with Crippen molar-refractivity contribution in [3.05, 3.63) is 34.6 Å². The number of carbonyl (C=O) groups is 1. The number of hydrogen-bond acceptors (Lipinski definition) is 4. The molecule has 0 bridgehead atoms. The number of amides is 1. The molecule has 148 valence electrons. The van der Waals surface area contributed by atoms with E-state index >= 15 is 0 Å². The van der Waals surface area contributed by atoms with Crippen molar-refractivity contribution in [2.24, 2.45) is 0 Å².